The Balaban J connectivity index is 2.01. The summed E-state index contributed by atoms with van der Waals surface area (Å²) in [6.45, 7) is 5.34. The first-order valence-corrected chi connectivity index (χ1v) is 8.39. The highest BCUT2D eigenvalue weighted by molar-refractivity contribution is 9.10. The predicted molar refractivity (Wildman–Crippen MR) is 87.8 cm³/mol. The summed E-state index contributed by atoms with van der Waals surface area (Å²) in [7, 11) is 0. The van der Waals surface area contributed by atoms with Crippen LogP contribution in [0.2, 0.25) is 0 Å². The van der Waals surface area contributed by atoms with Crippen molar-refractivity contribution in [3.05, 3.63) is 22.3 Å². The molecule has 19 heavy (non-hydrogen) atoms. The first-order valence-electron chi connectivity index (χ1n) is 7.60. The number of halogens is 1. The topological polar surface area (TPSA) is 24.9 Å². The van der Waals surface area contributed by atoms with E-state index in [0.29, 0.717) is 0 Å². The van der Waals surface area contributed by atoms with Crippen molar-refractivity contribution in [1.82, 2.24) is 4.98 Å². The summed E-state index contributed by atoms with van der Waals surface area (Å²) in [6.07, 6.45) is 12.8. The van der Waals surface area contributed by atoms with E-state index in [1.807, 2.05) is 6.20 Å². The van der Waals surface area contributed by atoms with Crippen LogP contribution in [0.1, 0.15) is 63.9 Å². The third kappa shape index (κ3) is 7.56. The number of hydrogen-bond donors (Lipinski definition) is 1. The van der Waals surface area contributed by atoms with Crippen LogP contribution in [0.5, 0.6) is 0 Å². The van der Waals surface area contributed by atoms with Crippen molar-refractivity contribution in [2.75, 3.05) is 11.9 Å². The Kier molecular flexibility index (Phi) is 8.89. The van der Waals surface area contributed by atoms with Crippen molar-refractivity contribution >= 4 is 21.7 Å². The van der Waals surface area contributed by atoms with Crippen molar-refractivity contribution in [1.29, 1.82) is 0 Å². The van der Waals surface area contributed by atoms with E-state index in [-0.39, 0.29) is 0 Å². The molecule has 0 unspecified atom stereocenters. The lowest BCUT2D eigenvalue weighted by Gasteiger charge is -2.08. The summed E-state index contributed by atoms with van der Waals surface area (Å²) in [4.78, 5) is 4.39. The van der Waals surface area contributed by atoms with Gasteiger partial charge in [-0.15, -0.1) is 0 Å². The molecule has 1 aromatic heterocycles. The van der Waals surface area contributed by atoms with E-state index in [0.717, 1.165) is 16.8 Å². The number of nitrogens with one attached hydrogen (secondary N) is 1. The van der Waals surface area contributed by atoms with Crippen LogP contribution < -0.4 is 5.32 Å². The van der Waals surface area contributed by atoms with Crippen LogP contribution in [-0.2, 0) is 0 Å². The minimum Gasteiger partial charge on any atom is -0.369 e. The van der Waals surface area contributed by atoms with Gasteiger partial charge in [0.25, 0.3) is 0 Å². The van der Waals surface area contributed by atoms with Gasteiger partial charge >= 0.3 is 0 Å². The maximum absolute atomic E-state index is 4.39. The smallest absolute Gasteiger partial charge is 0.140 e. The molecule has 0 atom stereocenters. The zero-order valence-corrected chi connectivity index (χ0v) is 13.9. The number of nitrogens with zero attached hydrogens (tertiary/aromatic N) is 1. The molecule has 0 aliphatic carbocycles. The highest BCUT2D eigenvalue weighted by Gasteiger charge is 2.00. The molecule has 0 saturated carbocycles. The Bertz CT molecular complexity index is 353. The van der Waals surface area contributed by atoms with Gasteiger partial charge in [0.05, 0.1) is 4.47 Å². The van der Waals surface area contributed by atoms with Crippen LogP contribution in [0.15, 0.2) is 16.7 Å². The van der Waals surface area contributed by atoms with Gasteiger partial charge in [-0.2, -0.15) is 0 Å². The van der Waals surface area contributed by atoms with Crippen LogP contribution in [0.4, 0.5) is 5.82 Å². The number of rotatable bonds is 10. The summed E-state index contributed by atoms with van der Waals surface area (Å²) < 4.78 is 1.06. The Labute approximate surface area is 126 Å². The van der Waals surface area contributed by atoms with E-state index in [1.165, 1.54) is 56.9 Å². The Hall–Kier alpha value is -0.570. The third-order valence-corrected chi connectivity index (χ3v) is 3.91. The second-order valence-corrected chi connectivity index (χ2v) is 6.10. The van der Waals surface area contributed by atoms with Crippen molar-refractivity contribution in [2.24, 2.45) is 0 Å². The van der Waals surface area contributed by atoms with Crippen LogP contribution in [-0.4, -0.2) is 11.5 Å². The lowest BCUT2D eigenvalue weighted by atomic mass is 10.1. The highest BCUT2D eigenvalue weighted by Crippen LogP contribution is 2.20. The van der Waals surface area contributed by atoms with Gasteiger partial charge in [0.2, 0.25) is 0 Å². The van der Waals surface area contributed by atoms with Crippen LogP contribution in [0.3, 0.4) is 0 Å². The molecular weight excluding hydrogens is 300 g/mol. The first-order chi connectivity index (χ1) is 9.24. The van der Waals surface area contributed by atoms with Gasteiger partial charge in [0.15, 0.2) is 0 Å². The van der Waals surface area contributed by atoms with Gasteiger partial charge in [-0.3, -0.25) is 0 Å². The van der Waals surface area contributed by atoms with E-state index in [9.17, 15) is 0 Å². The van der Waals surface area contributed by atoms with E-state index < -0.39 is 0 Å². The van der Waals surface area contributed by atoms with Crippen LogP contribution >= 0.6 is 15.9 Å². The molecular formula is C16H27BrN2. The summed E-state index contributed by atoms with van der Waals surface area (Å²) in [5.74, 6) is 0.966. The fourth-order valence-electron chi connectivity index (χ4n) is 2.13. The molecule has 0 aromatic carbocycles. The number of pyridine rings is 1. The highest BCUT2D eigenvalue weighted by atomic mass is 79.9. The average molecular weight is 327 g/mol. The molecule has 1 rings (SSSR count). The maximum Gasteiger partial charge on any atom is 0.140 e. The molecule has 0 radical (unpaired) electrons. The van der Waals surface area contributed by atoms with Gasteiger partial charge < -0.3 is 5.32 Å². The minimum absolute atomic E-state index is 0.966. The van der Waals surface area contributed by atoms with E-state index in [4.69, 9.17) is 0 Å². The minimum atomic E-state index is 0.966. The summed E-state index contributed by atoms with van der Waals surface area (Å²) in [6, 6.07) is 2.10. The van der Waals surface area contributed by atoms with Gasteiger partial charge in [0, 0.05) is 12.7 Å². The van der Waals surface area contributed by atoms with E-state index >= 15 is 0 Å². The van der Waals surface area contributed by atoms with Crippen LogP contribution in [0, 0.1) is 6.92 Å². The molecule has 108 valence electrons. The fourth-order valence-corrected chi connectivity index (χ4v) is 2.73. The van der Waals surface area contributed by atoms with Crippen molar-refractivity contribution in [3.63, 3.8) is 0 Å². The number of aryl methyl sites for hydroxylation is 1. The number of aromatic nitrogens is 1. The largest absolute Gasteiger partial charge is 0.369 e. The normalized spacial score (nSPS) is 10.7. The molecule has 0 aliphatic heterocycles. The quantitative estimate of drug-likeness (QED) is 0.557. The monoisotopic (exact) mass is 326 g/mol. The van der Waals surface area contributed by atoms with Crippen molar-refractivity contribution in [2.45, 2.75) is 65.2 Å². The van der Waals surface area contributed by atoms with Crippen molar-refractivity contribution in [3.8, 4) is 0 Å². The predicted octanol–water partition coefficient (Wildman–Crippen LogP) is 5.71. The zero-order valence-electron chi connectivity index (χ0n) is 12.3. The lowest BCUT2D eigenvalue weighted by Crippen LogP contribution is -2.04. The SMILES string of the molecule is CCCCCCCCCCNc1ncc(C)cc1Br. The molecule has 2 nitrogen and oxygen atoms in total. The molecule has 3 heteroatoms. The maximum atomic E-state index is 4.39. The average Bonchev–Trinajstić information content (AvgIpc) is 2.39. The molecule has 0 amide bonds. The van der Waals surface area contributed by atoms with Gasteiger partial charge in [-0.1, -0.05) is 51.9 Å². The first kappa shape index (κ1) is 16.5. The van der Waals surface area contributed by atoms with Crippen LogP contribution in [0.25, 0.3) is 0 Å². The molecule has 0 aliphatic rings. The lowest BCUT2D eigenvalue weighted by molar-refractivity contribution is 0.581. The zero-order chi connectivity index (χ0) is 13.9. The number of hydrogen-bond acceptors (Lipinski definition) is 2. The summed E-state index contributed by atoms with van der Waals surface area (Å²) in [5.41, 5.74) is 1.18. The Morgan fingerprint density at radius 3 is 2.32 bits per heavy atom. The number of anilines is 1. The molecule has 1 N–H and O–H groups in total. The third-order valence-electron chi connectivity index (χ3n) is 3.30. The van der Waals surface area contributed by atoms with Crippen molar-refractivity contribution < 1.29 is 0 Å². The molecule has 0 saturated heterocycles. The second kappa shape index (κ2) is 10.2. The molecule has 0 fully saturated rings. The summed E-state index contributed by atoms with van der Waals surface area (Å²) in [5, 5.41) is 3.39. The number of unbranched alkanes of at least 4 members (excludes halogenated alkanes) is 7. The Morgan fingerprint density at radius 1 is 1.05 bits per heavy atom. The molecule has 0 spiro atoms. The standard InChI is InChI=1S/C16H27BrN2/c1-3-4-5-6-7-8-9-10-11-18-16-15(17)12-14(2)13-19-16/h12-13H,3-11H2,1-2H3,(H,18,19). The fraction of sp³-hybridized carbons (Fsp3) is 0.688. The van der Waals surface area contributed by atoms with Gasteiger partial charge in [-0.05, 0) is 40.9 Å². The van der Waals surface area contributed by atoms with Gasteiger partial charge in [0.1, 0.15) is 5.82 Å². The van der Waals surface area contributed by atoms with E-state index in [2.05, 4.69) is 46.1 Å². The molecule has 0 bridgehead atoms. The molecule has 1 heterocycles. The Morgan fingerprint density at radius 2 is 1.68 bits per heavy atom. The second-order valence-electron chi connectivity index (χ2n) is 5.24. The van der Waals surface area contributed by atoms with Gasteiger partial charge in [-0.25, -0.2) is 4.98 Å². The summed E-state index contributed by atoms with van der Waals surface area (Å²) >= 11 is 3.54. The molecule has 1 aromatic rings. The van der Waals surface area contributed by atoms with E-state index in [1.54, 1.807) is 0 Å².